The zero-order valence-corrected chi connectivity index (χ0v) is 10.7. The van der Waals surface area contributed by atoms with Crippen LogP contribution in [0.4, 0.5) is 0 Å². The molecule has 2 aliphatic rings. The lowest BCUT2D eigenvalue weighted by Crippen LogP contribution is -2.50. The minimum Gasteiger partial charge on any atom is -0.335 e. The molecule has 2 aliphatic heterocycles. The third-order valence-corrected chi connectivity index (χ3v) is 3.73. The van der Waals surface area contributed by atoms with E-state index in [0.29, 0.717) is 37.6 Å². The van der Waals surface area contributed by atoms with Crippen molar-refractivity contribution in [2.45, 2.75) is 38.6 Å². The Morgan fingerprint density at radius 3 is 2.89 bits per heavy atom. The quantitative estimate of drug-likeness (QED) is 0.715. The third kappa shape index (κ3) is 2.69. The average Bonchev–Trinajstić information content (AvgIpc) is 2.39. The van der Waals surface area contributed by atoms with Crippen LogP contribution in [0.5, 0.6) is 0 Å². The van der Waals surface area contributed by atoms with Gasteiger partial charge in [0, 0.05) is 25.4 Å². The number of carbonyl (C=O) groups excluding carboxylic acids is 2. The summed E-state index contributed by atoms with van der Waals surface area (Å²) in [6.07, 6.45) is 2.83. The normalized spacial score (nSPS) is 28.7. The van der Waals surface area contributed by atoms with E-state index in [4.69, 9.17) is 5.73 Å². The average molecular weight is 252 g/mol. The third-order valence-electron chi connectivity index (χ3n) is 3.73. The van der Waals surface area contributed by atoms with E-state index in [1.807, 2.05) is 11.8 Å². The van der Waals surface area contributed by atoms with Crippen LogP contribution >= 0.6 is 0 Å². The summed E-state index contributed by atoms with van der Waals surface area (Å²) in [5.41, 5.74) is 8.51. The van der Waals surface area contributed by atoms with E-state index in [9.17, 15) is 9.59 Å². The van der Waals surface area contributed by atoms with Gasteiger partial charge in [-0.05, 0) is 32.2 Å². The highest BCUT2D eigenvalue weighted by atomic mass is 16.2. The van der Waals surface area contributed by atoms with Crippen molar-refractivity contribution in [1.29, 1.82) is 0 Å². The molecule has 0 aromatic heterocycles. The van der Waals surface area contributed by atoms with E-state index in [-0.39, 0.29) is 17.9 Å². The van der Waals surface area contributed by atoms with Crippen molar-refractivity contribution in [3.8, 4) is 0 Å². The molecule has 0 radical (unpaired) electrons. The highest BCUT2D eigenvalue weighted by molar-refractivity contribution is 6.39. The van der Waals surface area contributed by atoms with Crippen LogP contribution in [0.1, 0.15) is 32.6 Å². The first-order valence-electron chi connectivity index (χ1n) is 6.48. The predicted octanol–water partition coefficient (Wildman–Crippen LogP) is -0.162. The number of hydrogen-bond acceptors (Lipinski definition) is 4. The minimum absolute atomic E-state index is 0.0550. The van der Waals surface area contributed by atoms with Gasteiger partial charge in [0.2, 0.25) is 5.91 Å². The molecule has 2 amide bonds. The summed E-state index contributed by atoms with van der Waals surface area (Å²) >= 11 is 0. The zero-order chi connectivity index (χ0) is 13.1. The Morgan fingerprint density at radius 1 is 1.50 bits per heavy atom. The van der Waals surface area contributed by atoms with Gasteiger partial charge in [-0.25, -0.2) is 5.43 Å². The Bertz CT molecular complexity index is 380. The summed E-state index contributed by atoms with van der Waals surface area (Å²) in [5.74, 6) is 0.197. The molecule has 0 saturated carbocycles. The molecule has 2 atom stereocenters. The molecule has 1 fully saturated rings. The van der Waals surface area contributed by atoms with Gasteiger partial charge in [0.25, 0.3) is 5.91 Å². The summed E-state index contributed by atoms with van der Waals surface area (Å²) in [6.45, 7) is 3.36. The van der Waals surface area contributed by atoms with E-state index in [2.05, 4.69) is 10.5 Å². The summed E-state index contributed by atoms with van der Waals surface area (Å²) < 4.78 is 0. The van der Waals surface area contributed by atoms with Gasteiger partial charge in [0.1, 0.15) is 5.71 Å². The monoisotopic (exact) mass is 252 g/mol. The van der Waals surface area contributed by atoms with E-state index in [1.54, 1.807) is 0 Å². The van der Waals surface area contributed by atoms with Gasteiger partial charge in [-0.2, -0.15) is 5.10 Å². The Morgan fingerprint density at radius 2 is 2.28 bits per heavy atom. The summed E-state index contributed by atoms with van der Waals surface area (Å²) in [6, 6.07) is 0.223. The van der Waals surface area contributed by atoms with Crippen LogP contribution in [0, 0.1) is 5.92 Å². The number of carbonyl (C=O) groups is 2. The van der Waals surface area contributed by atoms with Crippen LogP contribution < -0.4 is 11.2 Å². The number of nitrogens with zero attached hydrogens (tertiary/aromatic N) is 2. The number of likely N-dealkylation sites (tertiary alicyclic amines) is 1. The van der Waals surface area contributed by atoms with Crippen molar-refractivity contribution in [3.63, 3.8) is 0 Å². The van der Waals surface area contributed by atoms with Gasteiger partial charge in [0.15, 0.2) is 0 Å². The van der Waals surface area contributed by atoms with Crippen molar-refractivity contribution in [1.82, 2.24) is 10.3 Å². The maximum atomic E-state index is 12.3. The maximum Gasteiger partial charge on any atom is 0.270 e. The SMILES string of the molecule is CC1CCC(CN)CN1C(=O)C1=NNC(=O)CC1. The van der Waals surface area contributed by atoms with E-state index in [1.165, 1.54) is 0 Å². The highest BCUT2D eigenvalue weighted by Gasteiger charge is 2.31. The fraction of sp³-hybridized carbons (Fsp3) is 0.750. The predicted molar refractivity (Wildman–Crippen MR) is 67.8 cm³/mol. The molecule has 1 saturated heterocycles. The standard InChI is InChI=1S/C12H20N4O2/c1-8-2-3-9(6-13)7-16(8)12(18)10-4-5-11(17)15-14-10/h8-9H,2-7,13H2,1H3,(H,15,17). The van der Waals surface area contributed by atoms with Gasteiger partial charge in [0.05, 0.1) is 0 Å². The van der Waals surface area contributed by atoms with Crippen molar-refractivity contribution < 1.29 is 9.59 Å². The van der Waals surface area contributed by atoms with Crippen LogP contribution in [0.2, 0.25) is 0 Å². The van der Waals surface area contributed by atoms with Gasteiger partial charge >= 0.3 is 0 Å². The molecule has 2 heterocycles. The minimum atomic E-state index is -0.127. The Labute approximate surface area is 107 Å². The first-order valence-corrected chi connectivity index (χ1v) is 6.48. The van der Waals surface area contributed by atoms with Crippen LogP contribution in [-0.2, 0) is 9.59 Å². The lowest BCUT2D eigenvalue weighted by molar-refractivity contribution is -0.128. The number of hydrazone groups is 1. The first kappa shape index (κ1) is 13.0. The van der Waals surface area contributed by atoms with Gasteiger partial charge in [-0.15, -0.1) is 0 Å². The molecule has 18 heavy (non-hydrogen) atoms. The Kier molecular flexibility index (Phi) is 3.96. The lowest BCUT2D eigenvalue weighted by atomic mass is 9.93. The molecular weight excluding hydrogens is 232 g/mol. The molecule has 2 rings (SSSR count). The van der Waals surface area contributed by atoms with Crippen LogP contribution in [-0.4, -0.2) is 41.6 Å². The maximum absolute atomic E-state index is 12.3. The summed E-state index contributed by atoms with van der Waals surface area (Å²) in [5, 5.41) is 3.87. The molecule has 0 bridgehead atoms. The molecule has 6 nitrogen and oxygen atoms in total. The van der Waals surface area contributed by atoms with Gasteiger partial charge in [-0.1, -0.05) is 0 Å². The van der Waals surface area contributed by atoms with Crippen LogP contribution in [0.15, 0.2) is 5.10 Å². The fourth-order valence-corrected chi connectivity index (χ4v) is 2.45. The second kappa shape index (κ2) is 5.48. The topological polar surface area (TPSA) is 87.8 Å². The van der Waals surface area contributed by atoms with Crippen molar-refractivity contribution in [2.24, 2.45) is 16.8 Å². The molecule has 0 aromatic rings. The lowest BCUT2D eigenvalue weighted by Gasteiger charge is -2.38. The Balaban J connectivity index is 2.05. The number of hydrogen-bond donors (Lipinski definition) is 2. The number of nitrogens with two attached hydrogens (primary N) is 1. The molecule has 6 heteroatoms. The van der Waals surface area contributed by atoms with Crippen LogP contribution in [0.25, 0.3) is 0 Å². The molecule has 0 aliphatic carbocycles. The number of nitrogens with one attached hydrogen (secondary N) is 1. The van der Waals surface area contributed by atoms with Gasteiger partial charge < -0.3 is 10.6 Å². The molecule has 3 N–H and O–H groups in total. The second-order valence-electron chi connectivity index (χ2n) is 5.08. The van der Waals surface area contributed by atoms with E-state index >= 15 is 0 Å². The smallest absolute Gasteiger partial charge is 0.270 e. The van der Waals surface area contributed by atoms with Crippen LogP contribution in [0.3, 0.4) is 0 Å². The number of piperidine rings is 1. The number of rotatable bonds is 2. The number of amides is 2. The Hall–Kier alpha value is -1.43. The first-order chi connectivity index (χ1) is 8.61. The summed E-state index contributed by atoms with van der Waals surface area (Å²) in [4.78, 5) is 25.2. The molecule has 2 unspecified atom stereocenters. The molecule has 100 valence electrons. The fourth-order valence-electron chi connectivity index (χ4n) is 2.45. The van der Waals surface area contributed by atoms with Crippen molar-refractivity contribution in [2.75, 3.05) is 13.1 Å². The molecule has 0 spiro atoms. The zero-order valence-electron chi connectivity index (χ0n) is 10.7. The largest absolute Gasteiger partial charge is 0.335 e. The second-order valence-corrected chi connectivity index (χ2v) is 5.08. The van der Waals surface area contributed by atoms with E-state index in [0.717, 1.165) is 12.8 Å². The molecular formula is C12H20N4O2. The van der Waals surface area contributed by atoms with Gasteiger partial charge in [-0.3, -0.25) is 9.59 Å². The highest BCUT2D eigenvalue weighted by Crippen LogP contribution is 2.22. The summed E-state index contributed by atoms with van der Waals surface area (Å²) in [7, 11) is 0. The van der Waals surface area contributed by atoms with Crippen molar-refractivity contribution >= 4 is 17.5 Å². The van der Waals surface area contributed by atoms with Crippen molar-refractivity contribution in [3.05, 3.63) is 0 Å². The van der Waals surface area contributed by atoms with E-state index < -0.39 is 0 Å². The molecule has 0 aromatic carbocycles.